The summed E-state index contributed by atoms with van der Waals surface area (Å²) in [6, 6.07) is 0. The first-order chi connectivity index (χ1) is 11.8. The third-order valence-electron chi connectivity index (χ3n) is 3.73. The topological polar surface area (TPSA) is 80.5 Å². The van der Waals surface area contributed by atoms with Gasteiger partial charge in [0.25, 0.3) is 5.56 Å². The van der Waals surface area contributed by atoms with E-state index in [1.807, 2.05) is 0 Å². The number of hydrogen-bond acceptors (Lipinski definition) is 7. The molecule has 1 aliphatic rings. The first kappa shape index (κ1) is 18.1. The van der Waals surface area contributed by atoms with Crippen LogP contribution >= 0.6 is 11.3 Å². The van der Waals surface area contributed by atoms with Gasteiger partial charge in [-0.05, 0) is 12.8 Å². The Labute approximate surface area is 144 Å². The van der Waals surface area contributed by atoms with Crippen molar-refractivity contribution in [3.05, 3.63) is 16.7 Å². The summed E-state index contributed by atoms with van der Waals surface area (Å²) in [6.07, 6.45) is -2.29. The van der Waals surface area contributed by atoms with E-state index in [2.05, 4.69) is 19.6 Å². The van der Waals surface area contributed by atoms with Gasteiger partial charge in [0.05, 0.1) is 19.3 Å². The number of ether oxygens (including phenoxy) is 1. The lowest BCUT2D eigenvalue weighted by Crippen LogP contribution is -2.30. The molecule has 1 saturated heterocycles. The lowest BCUT2D eigenvalue weighted by molar-refractivity contribution is -0.179. The second-order valence-electron chi connectivity index (χ2n) is 5.83. The van der Waals surface area contributed by atoms with Gasteiger partial charge in [0.2, 0.25) is 0 Å². The molecule has 3 heterocycles. The fourth-order valence-corrected chi connectivity index (χ4v) is 3.62. The molecule has 1 aliphatic heterocycles. The van der Waals surface area contributed by atoms with Crippen molar-refractivity contribution >= 4 is 26.8 Å². The number of aliphatic hydroxyl groups excluding tert-OH is 1. The van der Waals surface area contributed by atoms with Gasteiger partial charge in [-0.1, -0.05) is 11.3 Å². The maximum atomic E-state index is 12.5. The molecule has 7 nitrogen and oxygen atoms in total. The van der Waals surface area contributed by atoms with E-state index in [1.165, 1.54) is 17.7 Å². The number of thiazole rings is 1. The molecule has 1 unspecified atom stereocenters. The van der Waals surface area contributed by atoms with Crippen LogP contribution in [0.2, 0.25) is 0 Å². The van der Waals surface area contributed by atoms with Gasteiger partial charge in [0, 0.05) is 13.1 Å². The molecule has 11 heteroatoms. The Hall–Kier alpha value is -1.72. The molecule has 0 saturated carbocycles. The van der Waals surface area contributed by atoms with Crippen molar-refractivity contribution in [1.82, 2.24) is 14.5 Å². The summed E-state index contributed by atoms with van der Waals surface area (Å²) in [4.78, 5) is 23.0. The van der Waals surface area contributed by atoms with E-state index in [-0.39, 0.29) is 12.1 Å². The van der Waals surface area contributed by atoms with E-state index in [0.717, 1.165) is 35.6 Å². The number of anilines is 1. The van der Waals surface area contributed by atoms with Crippen LogP contribution in [0.3, 0.4) is 0 Å². The van der Waals surface area contributed by atoms with Gasteiger partial charge in [0.1, 0.15) is 17.6 Å². The highest BCUT2D eigenvalue weighted by Crippen LogP contribution is 2.27. The standard InChI is InChI=1S/C14H17F3N4O3S/c15-14(16,17)7-24-6-9(22)5-21-8-18-11-10(12(21)23)25-13(19-11)20-3-1-2-4-20/h8-9,22H,1-7H2. The third-order valence-corrected chi connectivity index (χ3v) is 4.83. The molecule has 3 rings (SSSR count). The number of halogens is 3. The van der Waals surface area contributed by atoms with Crippen LogP contribution < -0.4 is 10.5 Å². The predicted octanol–water partition coefficient (Wildman–Crippen LogP) is 1.39. The monoisotopic (exact) mass is 378 g/mol. The molecule has 0 aromatic carbocycles. The molecule has 0 spiro atoms. The summed E-state index contributed by atoms with van der Waals surface area (Å²) in [6.45, 7) is -0.376. The molecule has 1 N–H and O–H groups in total. The molecule has 0 radical (unpaired) electrons. The van der Waals surface area contributed by atoms with Crippen LogP contribution in [0.5, 0.6) is 0 Å². The highest BCUT2D eigenvalue weighted by Gasteiger charge is 2.28. The van der Waals surface area contributed by atoms with Crippen LogP contribution in [0.15, 0.2) is 11.1 Å². The van der Waals surface area contributed by atoms with E-state index < -0.39 is 25.5 Å². The summed E-state index contributed by atoms with van der Waals surface area (Å²) in [5, 5.41) is 10.5. The van der Waals surface area contributed by atoms with Crippen molar-refractivity contribution in [1.29, 1.82) is 0 Å². The molecule has 1 fully saturated rings. The number of hydrogen-bond donors (Lipinski definition) is 1. The minimum Gasteiger partial charge on any atom is -0.389 e. The average molecular weight is 378 g/mol. The predicted molar refractivity (Wildman–Crippen MR) is 86.0 cm³/mol. The Morgan fingerprint density at radius 2 is 2.08 bits per heavy atom. The maximum Gasteiger partial charge on any atom is 0.411 e. The lowest BCUT2D eigenvalue weighted by Gasteiger charge is -2.13. The van der Waals surface area contributed by atoms with E-state index in [4.69, 9.17) is 0 Å². The average Bonchev–Trinajstić information content (AvgIpc) is 3.17. The SMILES string of the molecule is O=c1c2sc(N3CCCC3)nc2ncn1CC(O)COCC(F)(F)F. The van der Waals surface area contributed by atoms with E-state index >= 15 is 0 Å². The van der Waals surface area contributed by atoms with Gasteiger partial charge >= 0.3 is 6.18 Å². The van der Waals surface area contributed by atoms with Gasteiger partial charge in [-0.3, -0.25) is 9.36 Å². The highest BCUT2D eigenvalue weighted by atomic mass is 32.1. The second kappa shape index (κ2) is 7.26. The summed E-state index contributed by atoms with van der Waals surface area (Å²) >= 11 is 1.24. The maximum absolute atomic E-state index is 12.5. The zero-order valence-electron chi connectivity index (χ0n) is 13.2. The molecule has 138 valence electrons. The van der Waals surface area contributed by atoms with E-state index in [0.29, 0.717) is 10.3 Å². The van der Waals surface area contributed by atoms with Crippen LogP contribution in [0.1, 0.15) is 12.8 Å². The minimum absolute atomic E-state index is 0.198. The van der Waals surface area contributed by atoms with E-state index in [1.54, 1.807) is 0 Å². The molecule has 1 atom stereocenters. The summed E-state index contributed by atoms with van der Waals surface area (Å²) in [5.41, 5.74) is -0.0289. The number of rotatable bonds is 6. The van der Waals surface area contributed by atoms with Crippen LogP contribution in [0.4, 0.5) is 18.3 Å². The molecular formula is C14H17F3N4O3S. The van der Waals surface area contributed by atoms with Gasteiger partial charge < -0.3 is 14.7 Å². The zero-order chi connectivity index (χ0) is 18.0. The fraction of sp³-hybridized carbons (Fsp3) is 0.643. The van der Waals surface area contributed by atoms with Crippen molar-refractivity contribution in [3.63, 3.8) is 0 Å². The van der Waals surface area contributed by atoms with Crippen LogP contribution in [-0.4, -0.2) is 58.2 Å². The van der Waals surface area contributed by atoms with Gasteiger partial charge in [-0.25, -0.2) is 4.98 Å². The zero-order valence-corrected chi connectivity index (χ0v) is 14.0. The number of aromatic nitrogens is 3. The number of alkyl halides is 3. The van der Waals surface area contributed by atoms with Gasteiger partial charge in [-0.2, -0.15) is 18.2 Å². The molecule has 2 aromatic heterocycles. The first-order valence-corrected chi connectivity index (χ1v) is 8.58. The Bertz CT molecular complexity index is 786. The molecule has 2 aromatic rings. The summed E-state index contributed by atoms with van der Waals surface area (Å²) in [5.74, 6) is 0. The third kappa shape index (κ3) is 4.47. The second-order valence-corrected chi connectivity index (χ2v) is 6.81. The van der Waals surface area contributed by atoms with Crippen LogP contribution in [0.25, 0.3) is 10.3 Å². The van der Waals surface area contributed by atoms with Gasteiger partial charge in [0.15, 0.2) is 10.8 Å². The number of aliphatic hydroxyl groups is 1. The van der Waals surface area contributed by atoms with Crippen molar-refractivity contribution in [2.45, 2.75) is 31.7 Å². The Morgan fingerprint density at radius 3 is 2.76 bits per heavy atom. The Kier molecular flexibility index (Phi) is 5.25. The number of fused-ring (bicyclic) bond motifs is 1. The van der Waals surface area contributed by atoms with Crippen molar-refractivity contribution in [2.24, 2.45) is 0 Å². The van der Waals surface area contributed by atoms with Crippen molar-refractivity contribution in [3.8, 4) is 0 Å². The number of nitrogens with zero attached hydrogens (tertiary/aromatic N) is 4. The normalized spacial score (nSPS) is 16.7. The molecule has 0 aliphatic carbocycles. The molecule has 0 amide bonds. The largest absolute Gasteiger partial charge is 0.411 e. The summed E-state index contributed by atoms with van der Waals surface area (Å²) < 4.78 is 42.0. The van der Waals surface area contributed by atoms with Crippen LogP contribution in [0, 0.1) is 0 Å². The van der Waals surface area contributed by atoms with Crippen LogP contribution in [-0.2, 0) is 11.3 Å². The smallest absolute Gasteiger partial charge is 0.389 e. The van der Waals surface area contributed by atoms with Crippen molar-refractivity contribution in [2.75, 3.05) is 31.2 Å². The summed E-state index contributed by atoms with van der Waals surface area (Å²) in [7, 11) is 0. The molecule has 25 heavy (non-hydrogen) atoms. The highest BCUT2D eigenvalue weighted by molar-refractivity contribution is 7.22. The quantitative estimate of drug-likeness (QED) is 0.818. The first-order valence-electron chi connectivity index (χ1n) is 7.77. The van der Waals surface area contributed by atoms with Gasteiger partial charge in [-0.15, -0.1) is 0 Å². The minimum atomic E-state index is -4.45. The Balaban J connectivity index is 1.69. The molecular weight excluding hydrogens is 361 g/mol. The van der Waals surface area contributed by atoms with Crippen molar-refractivity contribution < 1.29 is 23.0 Å². The van der Waals surface area contributed by atoms with E-state index in [9.17, 15) is 23.1 Å². The fourth-order valence-electron chi connectivity index (χ4n) is 2.60. The lowest BCUT2D eigenvalue weighted by atomic mass is 10.3. The Morgan fingerprint density at radius 1 is 1.36 bits per heavy atom. The molecule has 0 bridgehead atoms.